The molecule has 1 aromatic carbocycles. The highest BCUT2D eigenvalue weighted by atomic mass is 32.2. The number of ether oxygens (including phenoxy) is 2. The molecule has 0 radical (unpaired) electrons. The average Bonchev–Trinajstić information content (AvgIpc) is 2.94. The molecule has 8 heteroatoms. The van der Waals surface area contributed by atoms with Gasteiger partial charge in [-0.15, -0.1) is 0 Å². The lowest BCUT2D eigenvalue weighted by molar-refractivity contribution is -0.132. The maximum absolute atomic E-state index is 12.6. The second-order valence-electron chi connectivity index (χ2n) is 6.39. The Morgan fingerprint density at radius 2 is 1.88 bits per heavy atom. The minimum Gasteiger partial charge on any atom is -0.493 e. The van der Waals surface area contributed by atoms with Crippen LogP contribution in [0.25, 0.3) is 0 Å². The van der Waals surface area contributed by atoms with Crippen LogP contribution < -0.4 is 14.8 Å². The fraction of sp³-hybridized carbons (Fsp3) is 0.588. The van der Waals surface area contributed by atoms with Gasteiger partial charge in [-0.25, -0.2) is 8.42 Å². The van der Waals surface area contributed by atoms with E-state index < -0.39 is 15.9 Å². The largest absolute Gasteiger partial charge is 0.493 e. The first kappa shape index (κ1) is 19.4. The van der Waals surface area contributed by atoms with Crippen molar-refractivity contribution in [2.45, 2.75) is 32.4 Å². The van der Waals surface area contributed by atoms with Crippen molar-refractivity contribution in [3.63, 3.8) is 0 Å². The summed E-state index contributed by atoms with van der Waals surface area (Å²) in [5.74, 6) is 1.24. The topological polar surface area (TPSA) is 84.9 Å². The van der Waals surface area contributed by atoms with Crippen LogP contribution in [0.4, 0.5) is 5.69 Å². The number of anilines is 1. The molecule has 140 valence electrons. The van der Waals surface area contributed by atoms with Crippen LogP contribution in [0, 0.1) is 6.92 Å². The van der Waals surface area contributed by atoms with E-state index in [0.717, 1.165) is 11.3 Å². The number of amides is 1. The second-order valence-corrected chi connectivity index (χ2v) is 8.62. The molecule has 25 heavy (non-hydrogen) atoms. The zero-order chi connectivity index (χ0) is 18.8. The highest BCUT2D eigenvalue weighted by Gasteiger charge is 2.34. The van der Waals surface area contributed by atoms with Gasteiger partial charge in [0, 0.05) is 24.8 Å². The van der Waals surface area contributed by atoms with Gasteiger partial charge in [-0.3, -0.25) is 4.79 Å². The van der Waals surface area contributed by atoms with Gasteiger partial charge in [0.15, 0.2) is 21.3 Å². The molecule has 2 unspecified atom stereocenters. The summed E-state index contributed by atoms with van der Waals surface area (Å²) in [6, 6.07) is 2.88. The minimum atomic E-state index is -3.03. The highest BCUT2D eigenvalue weighted by molar-refractivity contribution is 7.91. The Kier molecular flexibility index (Phi) is 5.82. The van der Waals surface area contributed by atoms with Gasteiger partial charge in [0.2, 0.25) is 5.91 Å². The van der Waals surface area contributed by atoms with E-state index in [4.69, 9.17) is 9.47 Å². The Hall–Kier alpha value is -1.96. The van der Waals surface area contributed by atoms with Crippen LogP contribution in [-0.4, -0.2) is 64.1 Å². The number of benzene rings is 1. The van der Waals surface area contributed by atoms with Crippen molar-refractivity contribution in [1.29, 1.82) is 0 Å². The molecule has 2 rings (SSSR count). The SMILES string of the molecule is COc1cc(C)c(NC(C)C(=O)N(C)C2CCS(=O)(=O)C2)cc1OC. The van der Waals surface area contributed by atoms with E-state index in [9.17, 15) is 13.2 Å². The summed E-state index contributed by atoms with van der Waals surface area (Å²) in [6.45, 7) is 3.67. The van der Waals surface area contributed by atoms with Crippen LogP contribution >= 0.6 is 0 Å². The van der Waals surface area contributed by atoms with Crippen LogP contribution in [0.2, 0.25) is 0 Å². The van der Waals surface area contributed by atoms with Crippen molar-refractivity contribution in [2.24, 2.45) is 0 Å². The first-order valence-electron chi connectivity index (χ1n) is 8.14. The number of hydrogen-bond donors (Lipinski definition) is 1. The number of sulfone groups is 1. The van der Waals surface area contributed by atoms with Crippen LogP contribution in [0.5, 0.6) is 11.5 Å². The minimum absolute atomic E-state index is 0.0390. The quantitative estimate of drug-likeness (QED) is 0.816. The molecule has 2 atom stereocenters. The van der Waals surface area contributed by atoms with Gasteiger partial charge in [-0.05, 0) is 31.9 Å². The number of aryl methyl sites for hydroxylation is 1. The maximum atomic E-state index is 12.6. The second kappa shape index (κ2) is 7.51. The third kappa shape index (κ3) is 4.36. The third-order valence-corrected chi connectivity index (χ3v) is 6.33. The number of rotatable bonds is 6. The normalized spacial score (nSPS) is 20.0. The van der Waals surface area contributed by atoms with Gasteiger partial charge in [0.1, 0.15) is 6.04 Å². The summed E-state index contributed by atoms with van der Waals surface area (Å²) in [4.78, 5) is 14.2. The zero-order valence-corrected chi connectivity index (χ0v) is 16.1. The first-order valence-corrected chi connectivity index (χ1v) is 9.97. The van der Waals surface area contributed by atoms with E-state index in [2.05, 4.69) is 5.32 Å². The van der Waals surface area contributed by atoms with Crippen molar-refractivity contribution >= 4 is 21.4 Å². The van der Waals surface area contributed by atoms with E-state index in [1.54, 1.807) is 34.3 Å². The smallest absolute Gasteiger partial charge is 0.244 e. The van der Waals surface area contributed by atoms with Crippen LogP contribution in [0.3, 0.4) is 0 Å². The van der Waals surface area contributed by atoms with Gasteiger partial charge in [0.25, 0.3) is 0 Å². The maximum Gasteiger partial charge on any atom is 0.244 e. The Bertz CT molecular complexity index is 748. The molecule has 0 spiro atoms. The van der Waals surface area contributed by atoms with Gasteiger partial charge >= 0.3 is 0 Å². The average molecular weight is 370 g/mol. The Balaban J connectivity index is 2.11. The summed E-state index contributed by atoms with van der Waals surface area (Å²) in [7, 11) is 1.76. The molecule has 1 fully saturated rings. The fourth-order valence-corrected chi connectivity index (χ4v) is 4.77. The molecule has 1 aliphatic heterocycles. The summed E-state index contributed by atoms with van der Waals surface area (Å²) in [5, 5.41) is 3.18. The Morgan fingerprint density at radius 1 is 1.28 bits per heavy atom. The van der Waals surface area contributed by atoms with E-state index in [1.807, 2.05) is 13.0 Å². The predicted molar refractivity (Wildman–Crippen MR) is 97.2 cm³/mol. The van der Waals surface area contributed by atoms with Crippen molar-refractivity contribution in [3.05, 3.63) is 17.7 Å². The zero-order valence-electron chi connectivity index (χ0n) is 15.3. The number of nitrogens with one attached hydrogen (secondary N) is 1. The number of likely N-dealkylation sites (N-methyl/N-ethyl adjacent to an activating group) is 1. The van der Waals surface area contributed by atoms with Crippen molar-refractivity contribution in [1.82, 2.24) is 4.90 Å². The summed E-state index contributed by atoms with van der Waals surface area (Å²) in [5.41, 5.74) is 1.69. The van der Waals surface area contributed by atoms with Crippen LogP contribution in [0.1, 0.15) is 18.9 Å². The number of carbonyl (C=O) groups is 1. The van der Waals surface area contributed by atoms with Crippen molar-refractivity contribution in [2.75, 3.05) is 38.1 Å². The van der Waals surface area contributed by atoms with E-state index in [1.165, 1.54) is 4.90 Å². The fourth-order valence-electron chi connectivity index (χ4n) is 3.00. The number of carbonyl (C=O) groups excluding carboxylic acids is 1. The first-order chi connectivity index (χ1) is 11.7. The monoisotopic (exact) mass is 370 g/mol. The molecule has 0 bridgehead atoms. The molecule has 7 nitrogen and oxygen atoms in total. The van der Waals surface area contributed by atoms with Gasteiger partial charge < -0.3 is 19.7 Å². The number of methoxy groups -OCH3 is 2. The molecule has 0 aromatic heterocycles. The van der Waals surface area contributed by atoms with Crippen molar-refractivity contribution < 1.29 is 22.7 Å². The molecular weight excluding hydrogens is 344 g/mol. The van der Waals surface area contributed by atoms with Crippen molar-refractivity contribution in [3.8, 4) is 11.5 Å². The summed E-state index contributed by atoms with van der Waals surface area (Å²) in [6.07, 6.45) is 0.493. The molecular formula is C17H26N2O5S. The van der Waals surface area contributed by atoms with Gasteiger partial charge in [0.05, 0.1) is 25.7 Å². The molecule has 0 aliphatic carbocycles. The third-order valence-electron chi connectivity index (χ3n) is 4.58. The molecule has 1 heterocycles. The Labute approximate surface area is 149 Å². The van der Waals surface area contributed by atoms with Crippen LogP contribution in [-0.2, 0) is 14.6 Å². The molecule has 1 saturated heterocycles. The van der Waals surface area contributed by atoms with E-state index in [0.29, 0.717) is 17.9 Å². The standard InChI is InChI=1S/C17H26N2O5S/c1-11-8-15(23-4)16(24-5)9-14(11)18-12(2)17(20)19(3)13-6-7-25(21,22)10-13/h8-9,12-13,18H,6-7,10H2,1-5H3. The summed E-state index contributed by atoms with van der Waals surface area (Å²) >= 11 is 0. The van der Waals surface area contributed by atoms with E-state index in [-0.39, 0.29) is 23.5 Å². The Morgan fingerprint density at radius 3 is 2.40 bits per heavy atom. The number of hydrogen-bond acceptors (Lipinski definition) is 6. The molecule has 0 saturated carbocycles. The molecule has 1 N–H and O–H groups in total. The van der Waals surface area contributed by atoms with Gasteiger partial charge in [-0.2, -0.15) is 0 Å². The van der Waals surface area contributed by atoms with Gasteiger partial charge in [-0.1, -0.05) is 0 Å². The molecule has 1 amide bonds. The van der Waals surface area contributed by atoms with Crippen LogP contribution in [0.15, 0.2) is 12.1 Å². The summed E-state index contributed by atoms with van der Waals surface area (Å²) < 4.78 is 33.8. The predicted octanol–water partition coefficient (Wildman–Crippen LogP) is 1.46. The lowest BCUT2D eigenvalue weighted by Crippen LogP contribution is -2.45. The molecule has 1 aliphatic rings. The lowest BCUT2D eigenvalue weighted by atomic mass is 10.1. The van der Waals surface area contributed by atoms with E-state index >= 15 is 0 Å². The lowest BCUT2D eigenvalue weighted by Gasteiger charge is -2.28. The highest BCUT2D eigenvalue weighted by Crippen LogP contribution is 2.33. The number of nitrogens with zero attached hydrogens (tertiary/aromatic N) is 1. The molecule has 1 aromatic rings.